The van der Waals surface area contributed by atoms with Crippen LogP contribution in [0, 0.1) is 5.95 Å². The van der Waals surface area contributed by atoms with Crippen molar-refractivity contribution in [3.63, 3.8) is 0 Å². The lowest BCUT2D eigenvalue weighted by molar-refractivity contribution is 0.0579. The number of hydrogen-bond donors (Lipinski definition) is 1. The van der Waals surface area contributed by atoms with Gasteiger partial charge in [-0.15, -0.1) is 0 Å². The van der Waals surface area contributed by atoms with Crippen molar-refractivity contribution in [1.29, 1.82) is 0 Å². The van der Waals surface area contributed by atoms with E-state index in [0.717, 1.165) is 7.11 Å². The molecule has 0 aliphatic heterocycles. The van der Waals surface area contributed by atoms with Gasteiger partial charge >= 0.3 is 5.97 Å². The lowest BCUT2D eigenvalue weighted by Crippen LogP contribution is -2.19. The Morgan fingerprint density at radius 3 is 2.60 bits per heavy atom. The van der Waals surface area contributed by atoms with Crippen LogP contribution in [0.25, 0.3) is 0 Å². The first-order chi connectivity index (χ1) is 6.97. The number of pyridine rings is 1. The number of alkyl halides is 2. The van der Waals surface area contributed by atoms with E-state index in [9.17, 15) is 22.8 Å². The number of nitrogens with one attached hydrogen (secondary N) is 1. The third-order valence-electron chi connectivity index (χ3n) is 1.64. The predicted molar refractivity (Wildman–Crippen MR) is 43.3 cm³/mol. The normalized spacial score (nSPS) is 10.5. The van der Waals surface area contributed by atoms with E-state index in [2.05, 4.69) is 4.74 Å². The molecule has 1 rings (SSSR count). The molecule has 0 aromatic carbocycles. The molecule has 0 saturated heterocycles. The molecule has 0 saturated carbocycles. The molecule has 0 fully saturated rings. The summed E-state index contributed by atoms with van der Waals surface area (Å²) in [6.45, 7) is 0. The fraction of sp³-hybridized carbons (Fsp3) is 0.250. The maximum absolute atomic E-state index is 12.7. The average Bonchev–Trinajstić information content (AvgIpc) is 2.14. The lowest BCUT2D eigenvalue weighted by Gasteiger charge is -2.05. The molecule has 4 nitrogen and oxygen atoms in total. The number of ether oxygens (including phenoxy) is 1. The van der Waals surface area contributed by atoms with Crippen LogP contribution in [0.15, 0.2) is 10.9 Å². The first kappa shape index (κ1) is 11.3. The van der Waals surface area contributed by atoms with E-state index in [1.54, 1.807) is 4.98 Å². The molecule has 1 N–H and O–H groups in total. The van der Waals surface area contributed by atoms with Crippen LogP contribution in [0.5, 0.6) is 0 Å². The van der Waals surface area contributed by atoms with E-state index in [1.165, 1.54) is 0 Å². The summed E-state index contributed by atoms with van der Waals surface area (Å²) in [5, 5.41) is 0. The van der Waals surface area contributed by atoms with Crippen molar-refractivity contribution < 1.29 is 22.7 Å². The van der Waals surface area contributed by atoms with Crippen LogP contribution in [0.3, 0.4) is 0 Å². The summed E-state index contributed by atoms with van der Waals surface area (Å²) in [5.41, 5.74) is -3.21. The summed E-state index contributed by atoms with van der Waals surface area (Å²) in [6, 6.07) is 0.341. The molecule has 0 aliphatic rings. The monoisotopic (exact) mass is 221 g/mol. The van der Waals surface area contributed by atoms with Gasteiger partial charge < -0.3 is 9.72 Å². The minimum Gasteiger partial charge on any atom is -0.464 e. The maximum atomic E-state index is 12.7. The zero-order chi connectivity index (χ0) is 11.6. The minimum atomic E-state index is -3.18. The van der Waals surface area contributed by atoms with Gasteiger partial charge in [-0.3, -0.25) is 4.79 Å². The van der Waals surface area contributed by atoms with Gasteiger partial charge in [-0.1, -0.05) is 0 Å². The Morgan fingerprint density at radius 1 is 1.53 bits per heavy atom. The molecule has 0 unspecified atom stereocenters. The van der Waals surface area contributed by atoms with Gasteiger partial charge in [0.25, 0.3) is 6.43 Å². The molecule has 82 valence electrons. The third-order valence-corrected chi connectivity index (χ3v) is 1.64. The van der Waals surface area contributed by atoms with E-state index in [-0.39, 0.29) is 0 Å². The van der Waals surface area contributed by atoms with Gasteiger partial charge in [-0.25, -0.2) is 13.6 Å². The lowest BCUT2D eigenvalue weighted by atomic mass is 10.2. The minimum absolute atomic E-state index is 0.341. The van der Waals surface area contributed by atoms with Gasteiger partial charge in [-0.2, -0.15) is 4.39 Å². The fourth-order valence-corrected chi connectivity index (χ4v) is 1.02. The molecular weight excluding hydrogens is 215 g/mol. The van der Waals surface area contributed by atoms with E-state index in [1.807, 2.05) is 0 Å². The number of aromatic amines is 1. The number of H-pyrrole nitrogens is 1. The highest BCUT2D eigenvalue weighted by Gasteiger charge is 2.23. The summed E-state index contributed by atoms with van der Waals surface area (Å²) < 4.78 is 41.5. The number of carbonyl (C=O) groups excluding carboxylic acids is 1. The first-order valence-corrected chi connectivity index (χ1v) is 3.76. The van der Waals surface area contributed by atoms with Crippen LogP contribution in [-0.2, 0) is 4.74 Å². The van der Waals surface area contributed by atoms with Crippen LogP contribution >= 0.6 is 0 Å². The second kappa shape index (κ2) is 4.16. The Balaban J connectivity index is 3.47. The van der Waals surface area contributed by atoms with Gasteiger partial charge in [0, 0.05) is 6.07 Å². The standard InChI is InChI=1S/C8H6F3NO3/c1-15-8(14)6-5(7(10)11)3(13)2-4(9)12-6/h2,7H,1H3,(H,12,13). The van der Waals surface area contributed by atoms with E-state index in [4.69, 9.17) is 0 Å². The Labute approximate surface area is 81.7 Å². The first-order valence-electron chi connectivity index (χ1n) is 3.76. The fourth-order valence-electron chi connectivity index (χ4n) is 1.02. The van der Waals surface area contributed by atoms with Crippen molar-refractivity contribution in [2.75, 3.05) is 7.11 Å². The quantitative estimate of drug-likeness (QED) is 0.603. The summed E-state index contributed by atoms with van der Waals surface area (Å²) in [7, 11) is 0.931. The molecular formula is C8H6F3NO3. The molecule has 0 amide bonds. The largest absolute Gasteiger partial charge is 0.464 e. The van der Waals surface area contributed by atoms with Gasteiger partial charge in [-0.05, 0) is 0 Å². The number of rotatable bonds is 2. The van der Waals surface area contributed by atoms with E-state index in [0.29, 0.717) is 6.07 Å². The van der Waals surface area contributed by atoms with E-state index >= 15 is 0 Å². The molecule has 0 aliphatic carbocycles. The Bertz CT molecular complexity index is 441. The molecule has 1 aromatic rings. The Morgan fingerprint density at radius 2 is 2.13 bits per heavy atom. The van der Waals surface area contributed by atoms with Crippen LogP contribution in [0.1, 0.15) is 22.5 Å². The second-order valence-corrected chi connectivity index (χ2v) is 2.56. The van der Waals surface area contributed by atoms with Crippen LogP contribution in [0.2, 0.25) is 0 Å². The molecule has 0 radical (unpaired) electrons. The summed E-state index contributed by atoms with van der Waals surface area (Å²) in [4.78, 5) is 23.7. The van der Waals surface area contributed by atoms with Crippen LogP contribution in [0.4, 0.5) is 13.2 Å². The van der Waals surface area contributed by atoms with Crippen molar-refractivity contribution in [1.82, 2.24) is 4.98 Å². The highest BCUT2D eigenvalue weighted by molar-refractivity contribution is 5.88. The van der Waals surface area contributed by atoms with Crippen molar-refractivity contribution in [2.24, 2.45) is 0 Å². The molecule has 1 aromatic heterocycles. The molecule has 15 heavy (non-hydrogen) atoms. The predicted octanol–water partition coefficient (Wildman–Crippen LogP) is 1.24. The average molecular weight is 221 g/mol. The Kier molecular flexibility index (Phi) is 3.13. The van der Waals surface area contributed by atoms with Crippen molar-refractivity contribution >= 4 is 5.97 Å². The molecule has 0 atom stereocenters. The third kappa shape index (κ3) is 2.17. The number of esters is 1. The van der Waals surface area contributed by atoms with Crippen LogP contribution in [-0.4, -0.2) is 18.1 Å². The maximum Gasteiger partial charge on any atom is 0.355 e. The van der Waals surface area contributed by atoms with Crippen molar-refractivity contribution in [2.45, 2.75) is 6.43 Å². The Hall–Kier alpha value is -1.79. The number of methoxy groups -OCH3 is 1. The zero-order valence-electron chi connectivity index (χ0n) is 7.51. The summed E-state index contributed by atoms with van der Waals surface area (Å²) in [5.74, 6) is -2.40. The highest BCUT2D eigenvalue weighted by Crippen LogP contribution is 2.18. The molecule has 1 heterocycles. The number of aromatic nitrogens is 1. The SMILES string of the molecule is COC(=O)c1[nH]c(F)cc(=O)c1C(F)F. The summed E-state index contributed by atoms with van der Waals surface area (Å²) >= 11 is 0. The van der Waals surface area contributed by atoms with Crippen molar-refractivity contribution in [3.05, 3.63) is 33.5 Å². The summed E-state index contributed by atoms with van der Waals surface area (Å²) in [6.07, 6.45) is -3.18. The number of carbonyl (C=O) groups is 1. The number of halogens is 3. The van der Waals surface area contributed by atoms with Gasteiger partial charge in [0.2, 0.25) is 0 Å². The second-order valence-electron chi connectivity index (χ2n) is 2.56. The van der Waals surface area contributed by atoms with Gasteiger partial charge in [0.05, 0.1) is 12.7 Å². The van der Waals surface area contributed by atoms with E-state index < -0.39 is 35.0 Å². The molecule has 7 heteroatoms. The van der Waals surface area contributed by atoms with Crippen LogP contribution < -0.4 is 5.43 Å². The topological polar surface area (TPSA) is 59.2 Å². The zero-order valence-corrected chi connectivity index (χ0v) is 7.51. The molecule has 0 bridgehead atoms. The van der Waals surface area contributed by atoms with Gasteiger partial charge in [0.1, 0.15) is 5.69 Å². The molecule has 0 spiro atoms. The number of hydrogen-bond acceptors (Lipinski definition) is 3. The smallest absolute Gasteiger partial charge is 0.355 e. The van der Waals surface area contributed by atoms with Crippen molar-refractivity contribution in [3.8, 4) is 0 Å². The van der Waals surface area contributed by atoms with Gasteiger partial charge in [0.15, 0.2) is 11.4 Å². The highest BCUT2D eigenvalue weighted by atomic mass is 19.3.